The van der Waals surface area contributed by atoms with Crippen molar-refractivity contribution >= 4 is 23.5 Å². The van der Waals surface area contributed by atoms with E-state index in [-0.39, 0.29) is 11.9 Å². The Morgan fingerprint density at radius 2 is 1.88 bits per heavy atom. The molecule has 0 heterocycles. The third-order valence-electron chi connectivity index (χ3n) is 4.42. The van der Waals surface area contributed by atoms with Crippen molar-refractivity contribution in [3.05, 3.63) is 70.2 Å². The van der Waals surface area contributed by atoms with E-state index in [0.717, 1.165) is 24.8 Å². The quantitative estimate of drug-likeness (QED) is 0.839. The van der Waals surface area contributed by atoms with E-state index >= 15 is 0 Å². The topological polar surface area (TPSA) is 55.4 Å². The molecule has 2 aromatic carbocycles. The summed E-state index contributed by atoms with van der Waals surface area (Å²) in [5, 5.41) is 3.54. The minimum Gasteiger partial charge on any atom is -0.449 e. The van der Waals surface area contributed by atoms with Crippen molar-refractivity contribution in [2.75, 3.05) is 0 Å². The minimum atomic E-state index is -0.864. The number of amides is 1. The predicted octanol–water partition coefficient (Wildman–Crippen LogP) is 4.08. The molecule has 0 saturated heterocycles. The molecule has 1 N–H and O–H groups in total. The van der Waals surface area contributed by atoms with Crippen LogP contribution in [0.15, 0.2) is 48.5 Å². The number of halogens is 1. The summed E-state index contributed by atoms with van der Waals surface area (Å²) in [6.07, 6.45) is 2.09. The summed E-state index contributed by atoms with van der Waals surface area (Å²) in [7, 11) is 0. The molecule has 0 aliphatic heterocycles. The molecule has 2 atom stereocenters. The molecule has 1 aliphatic rings. The summed E-state index contributed by atoms with van der Waals surface area (Å²) in [6, 6.07) is 14.5. The SMILES string of the molecule is C[C@@H](OC(=O)c1ccc(Cl)cc1)C(=O)N[C@H]1CCCc2ccccc21. The van der Waals surface area contributed by atoms with E-state index in [1.54, 1.807) is 31.2 Å². The summed E-state index contributed by atoms with van der Waals surface area (Å²) in [5.74, 6) is -0.827. The lowest BCUT2D eigenvalue weighted by molar-refractivity contribution is -0.130. The zero-order valence-electron chi connectivity index (χ0n) is 14.0. The molecule has 4 nitrogen and oxygen atoms in total. The summed E-state index contributed by atoms with van der Waals surface area (Å²) < 4.78 is 5.27. The van der Waals surface area contributed by atoms with Gasteiger partial charge >= 0.3 is 5.97 Å². The van der Waals surface area contributed by atoms with Crippen LogP contribution >= 0.6 is 11.6 Å². The Hall–Kier alpha value is -2.33. The molecular weight excluding hydrogens is 338 g/mol. The van der Waals surface area contributed by atoms with Gasteiger partial charge in [0, 0.05) is 5.02 Å². The van der Waals surface area contributed by atoms with E-state index < -0.39 is 12.1 Å². The van der Waals surface area contributed by atoms with Crippen LogP contribution in [0, 0.1) is 0 Å². The lowest BCUT2D eigenvalue weighted by atomic mass is 9.87. The van der Waals surface area contributed by atoms with E-state index in [2.05, 4.69) is 11.4 Å². The highest BCUT2D eigenvalue weighted by atomic mass is 35.5. The average molecular weight is 358 g/mol. The van der Waals surface area contributed by atoms with E-state index in [4.69, 9.17) is 16.3 Å². The number of fused-ring (bicyclic) bond motifs is 1. The van der Waals surface area contributed by atoms with Crippen LogP contribution in [0.4, 0.5) is 0 Å². The molecule has 130 valence electrons. The van der Waals surface area contributed by atoms with Gasteiger partial charge in [0.25, 0.3) is 5.91 Å². The molecule has 5 heteroatoms. The number of benzene rings is 2. The maximum absolute atomic E-state index is 12.4. The lowest BCUT2D eigenvalue weighted by Gasteiger charge is -2.27. The third kappa shape index (κ3) is 4.20. The highest BCUT2D eigenvalue weighted by molar-refractivity contribution is 6.30. The molecule has 0 radical (unpaired) electrons. The number of ether oxygens (including phenoxy) is 1. The number of hydrogen-bond acceptors (Lipinski definition) is 3. The highest BCUT2D eigenvalue weighted by Crippen LogP contribution is 2.29. The molecule has 0 saturated carbocycles. The Labute approximate surface area is 152 Å². The van der Waals surface area contributed by atoms with Gasteiger partial charge in [-0.2, -0.15) is 0 Å². The number of carbonyl (C=O) groups is 2. The fourth-order valence-corrected chi connectivity index (χ4v) is 3.19. The van der Waals surface area contributed by atoms with E-state index in [0.29, 0.717) is 10.6 Å². The molecule has 1 aliphatic carbocycles. The molecule has 25 heavy (non-hydrogen) atoms. The molecule has 0 aromatic heterocycles. The highest BCUT2D eigenvalue weighted by Gasteiger charge is 2.25. The Morgan fingerprint density at radius 1 is 1.16 bits per heavy atom. The van der Waals surface area contributed by atoms with Gasteiger partial charge < -0.3 is 10.1 Å². The van der Waals surface area contributed by atoms with Crippen LogP contribution in [0.3, 0.4) is 0 Å². The Morgan fingerprint density at radius 3 is 2.64 bits per heavy atom. The third-order valence-corrected chi connectivity index (χ3v) is 4.67. The van der Waals surface area contributed by atoms with E-state index in [9.17, 15) is 9.59 Å². The Kier molecular flexibility index (Phi) is 5.39. The van der Waals surface area contributed by atoms with Gasteiger partial charge in [0.15, 0.2) is 6.10 Å². The summed E-state index contributed by atoms with van der Waals surface area (Å²) in [5.41, 5.74) is 2.79. The largest absolute Gasteiger partial charge is 0.449 e. The normalized spacial score (nSPS) is 17.3. The van der Waals surface area contributed by atoms with Crippen LogP contribution in [0.5, 0.6) is 0 Å². The Bertz CT molecular complexity index is 773. The fraction of sp³-hybridized carbons (Fsp3) is 0.300. The second-order valence-electron chi connectivity index (χ2n) is 6.21. The van der Waals surface area contributed by atoms with Crippen molar-refractivity contribution in [1.82, 2.24) is 5.32 Å². The standard InChI is InChI=1S/C20H20ClNO3/c1-13(25-20(24)15-9-11-16(21)12-10-15)19(23)22-18-8-4-6-14-5-2-3-7-17(14)18/h2-3,5,7,9-13,18H,4,6,8H2,1H3,(H,22,23)/t13-,18+/m1/s1. The van der Waals surface area contributed by atoms with Gasteiger partial charge in [0.05, 0.1) is 11.6 Å². The maximum atomic E-state index is 12.4. The molecule has 3 rings (SSSR count). The van der Waals surface area contributed by atoms with Crippen LogP contribution in [0.1, 0.15) is 47.3 Å². The number of esters is 1. The molecule has 1 amide bonds. The zero-order chi connectivity index (χ0) is 17.8. The predicted molar refractivity (Wildman–Crippen MR) is 96.6 cm³/mol. The van der Waals surface area contributed by atoms with Crippen LogP contribution < -0.4 is 5.32 Å². The smallest absolute Gasteiger partial charge is 0.338 e. The number of carbonyl (C=O) groups excluding carboxylic acids is 2. The van der Waals surface area contributed by atoms with Crippen LogP contribution in [0.25, 0.3) is 0 Å². The van der Waals surface area contributed by atoms with E-state index in [1.807, 2.05) is 18.2 Å². The molecule has 0 bridgehead atoms. The molecule has 0 spiro atoms. The van der Waals surface area contributed by atoms with Gasteiger partial charge in [-0.3, -0.25) is 4.79 Å². The van der Waals surface area contributed by atoms with E-state index in [1.165, 1.54) is 5.56 Å². The first-order valence-corrected chi connectivity index (χ1v) is 8.77. The van der Waals surface area contributed by atoms with Crippen LogP contribution in [0.2, 0.25) is 5.02 Å². The van der Waals surface area contributed by atoms with Crippen LogP contribution in [-0.2, 0) is 16.0 Å². The monoisotopic (exact) mass is 357 g/mol. The lowest BCUT2D eigenvalue weighted by Crippen LogP contribution is -2.39. The minimum absolute atomic E-state index is 0.0332. The van der Waals surface area contributed by atoms with Gasteiger partial charge in [0.2, 0.25) is 0 Å². The van der Waals surface area contributed by atoms with Crippen molar-refractivity contribution in [1.29, 1.82) is 0 Å². The van der Waals surface area contributed by atoms with Crippen molar-refractivity contribution < 1.29 is 14.3 Å². The summed E-state index contributed by atoms with van der Waals surface area (Å²) in [4.78, 5) is 24.5. The Balaban J connectivity index is 1.62. The van der Waals surface area contributed by atoms with Crippen molar-refractivity contribution in [3.63, 3.8) is 0 Å². The maximum Gasteiger partial charge on any atom is 0.338 e. The second kappa shape index (κ2) is 7.70. The molecule has 2 aromatic rings. The zero-order valence-corrected chi connectivity index (χ0v) is 14.8. The second-order valence-corrected chi connectivity index (χ2v) is 6.64. The van der Waals surface area contributed by atoms with Crippen LogP contribution in [-0.4, -0.2) is 18.0 Å². The van der Waals surface area contributed by atoms with Crippen molar-refractivity contribution in [3.8, 4) is 0 Å². The summed E-state index contributed by atoms with van der Waals surface area (Å²) in [6.45, 7) is 1.58. The molecule has 0 fully saturated rings. The number of aryl methyl sites for hydroxylation is 1. The van der Waals surface area contributed by atoms with Crippen molar-refractivity contribution in [2.45, 2.75) is 38.3 Å². The fourth-order valence-electron chi connectivity index (χ4n) is 3.06. The summed E-state index contributed by atoms with van der Waals surface area (Å²) >= 11 is 5.81. The number of nitrogens with one attached hydrogen (secondary N) is 1. The van der Waals surface area contributed by atoms with Gasteiger partial charge in [0.1, 0.15) is 0 Å². The van der Waals surface area contributed by atoms with Gasteiger partial charge in [-0.25, -0.2) is 4.79 Å². The first-order chi connectivity index (χ1) is 12.0. The first-order valence-electron chi connectivity index (χ1n) is 8.39. The first kappa shape index (κ1) is 17.5. The van der Waals surface area contributed by atoms with Gasteiger partial charge in [-0.05, 0) is 61.6 Å². The molecule has 0 unspecified atom stereocenters. The average Bonchev–Trinajstić information content (AvgIpc) is 2.62. The van der Waals surface area contributed by atoms with Gasteiger partial charge in [-0.1, -0.05) is 35.9 Å². The van der Waals surface area contributed by atoms with Crippen molar-refractivity contribution in [2.24, 2.45) is 0 Å². The van der Waals surface area contributed by atoms with Gasteiger partial charge in [-0.15, -0.1) is 0 Å². The number of rotatable bonds is 4. The number of hydrogen-bond donors (Lipinski definition) is 1. The molecular formula is C20H20ClNO3.